The summed E-state index contributed by atoms with van der Waals surface area (Å²) in [5.41, 5.74) is 18.5. The van der Waals surface area contributed by atoms with Gasteiger partial charge in [0.2, 0.25) is 0 Å². The Hall–Kier alpha value is -4.64. The molecule has 0 radical (unpaired) electrons. The molecule has 0 spiro atoms. The standard InChI is InChI=1S/C58H69N3O2S2/c1-10-12-14-16-18-20-22-24-36-26-41-50-43(28-36)57(5,6)45-31-38(49-34-48-54(65-49)53-47(60(48)9)33-40(64-53)30-39(35-59)55(62)63)32-46-52(45)61(50)51-42(56(41,3)4)27-37(29-44(51)58(46,7)8)25-23-21-19-17-15-13-11-2/h26-34H,10-25H2,1-9H3,(H,62,63)/b39-30-. The highest BCUT2D eigenvalue weighted by Gasteiger charge is 2.52. The monoisotopic (exact) mass is 903 g/mol. The molecule has 1 N–H and O–H groups in total. The van der Waals surface area contributed by atoms with Crippen molar-refractivity contribution in [1.82, 2.24) is 4.57 Å². The van der Waals surface area contributed by atoms with Gasteiger partial charge in [0.1, 0.15) is 11.6 Å². The summed E-state index contributed by atoms with van der Waals surface area (Å²) in [6, 6.07) is 21.7. The molecule has 0 aliphatic carbocycles. The van der Waals surface area contributed by atoms with Gasteiger partial charge in [-0.2, -0.15) is 5.26 Å². The third-order valence-corrected chi connectivity index (χ3v) is 18.0. The SMILES string of the molecule is CCCCCCCCCc1cc2c3c(c1)C(C)(C)c1cc(-c4cc5c(s4)c4sc(/C=C(/C#N)C(=O)O)cc4n5C)cc4c1N3c1c(cc(CCCCCCCCC)cc1C4(C)C)C2(C)C. The van der Waals surface area contributed by atoms with Gasteiger partial charge in [-0.25, -0.2) is 4.79 Å². The van der Waals surface area contributed by atoms with Crippen LogP contribution in [0.3, 0.4) is 0 Å². The fourth-order valence-corrected chi connectivity index (χ4v) is 14.1. The molecule has 340 valence electrons. The lowest BCUT2D eigenvalue weighted by Gasteiger charge is -2.55. The minimum absolute atomic E-state index is 0.151. The van der Waals surface area contributed by atoms with Gasteiger partial charge in [-0.15, -0.1) is 22.7 Å². The van der Waals surface area contributed by atoms with E-state index in [1.165, 1.54) is 178 Å². The number of aliphatic carboxylic acids is 1. The molecule has 0 saturated carbocycles. The van der Waals surface area contributed by atoms with Gasteiger partial charge in [0, 0.05) is 33.0 Å². The van der Waals surface area contributed by atoms with Gasteiger partial charge >= 0.3 is 5.97 Å². The normalized spacial score (nSPS) is 16.1. The Labute approximate surface area is 396 Å². The third-order valence-electron chi connectivity index (χ3n) is 15.6. The maximum Gasteiger partial charge on any atom is 0.346 e. The number of carbonyl (C=O) groups is 1. The van der Waals surface area contributed by atoms with Gasteiger partial charge in [0.15, 0.2) is 0 Å². The van der Waals surface area contributed by atoms with Crippen LogP contribution in [-0.4, -0.2) is 15.6 Å². The van der Waals surface area contributed by atoms with E-state index in [9.17, 15) is 15.2 Å². The highest BCUT2D eigenvalue weighted by atomic mass is 32.1. The number of aryl methyl sites for hydroxylation is 3. The second kappa shape index (κ2) is 17.5. The molecule has 7 heteroatoms. The van der Waals surface area contributed by atoms with E-state index in [1.54, 1.807) is 11.3 Å². The number of nitriles is 1. The van der Waals surface area contributed by atoms with Crippen molar-refractivity contribution in [2.24, 2.45) is 7.05 Å². The van der Waals surface area contributed by atoms with Crippen molar-refractivity contribution in [3.63, 3.8) is 0 Å². The average Bonchev–Trinajstić information content (AvgIpc) is 3.97. The molecule has 3 aliphatic heterocycles. The van der Waals surface area contributed by atoms with Crippen LogP contribution >= 0.6 is 22.7 Å². The van der Waals surface area contributed by atoms with E-state index in [0.717, 1.165) is 27.9 Å². The first-order chi connectivity index (χ1) is 31.1. The van der Waals surface area contributed by atoms with Crippen molar-refractivity contribution < 1.29 is 9.90 Å². The number of thiophene rings is 2. The number of rotatable bonds is 19. The molecule has 65 heavy (non-hydrogen) atoms. The van der Waals surface area contributed by atoms with Crippen molar-refractivity contribution in [1.29, 1.82) is 5.26 Å². The summed E-state index contributed by atoms with van der Waals surface area (Å²) in [4.78, 5) is 16.5. The van der Waals surface area contributed by atoms with E-state index in [4.69, 9.17) is 0 Å². The third kappa shape index (κ3) is 7.69. The predicted molar refractivity (Wildman–Crippen MR) is 277 cm³/mol. The molecule has 0 fully saturated rings. The molecule has 6 heterocycles. The Morgan fingerprint density at radius 3 is 1.43 bits per heavy atom. The summed E-state index contributed by atoms with van der Waals surface area (Å²) in [5, 5.41) is 19.1. The molecule has 0 amide bonds. The lowest BCUT2D eigenvalue weighted by molar-refractivity contribution is -0.132. The molecule has 0 bridgehead atoms. The van der Waals surface area contributed by atoms with Crippen LogP contribution in [0.2, 0.25) is 0 Å². The maximum atomic E-state index is 11.7. The van der Waals surface area contributed by atoms with Gasteiger partial charge in [0.25, 0.3) is 0 Å². The highest BCUT2D eigenvalue weighted by Crippen LogP contribution is 2.67. The van der Waals surface area contributed by atoms with Crippen LogP contribution in [0.15, 0.2) is 54.1 Å². The zero-order chi connectivity index (χ0) is 46.0. The molecule has 6 aromatic rings. The molecular formula is C58H69N3O2S2. The first-order valence-electron chi connectivity index (χ1n) is 24.9. The van der Waals surface area contributed by atoms with E-state index in [-0.39, 0.29) is 21.8 Å². The predicted octanol–water partition coefficient (Wildman–Crippen LogP) is 17.1. The van der Waals surface area contributed by atoms with Gasteiger partial charge in [0.05, 0.1) is 37.5 Å². The molecule has 0 saturated heterocycles. The lowest BCUT2D eigenvalue weighted by atomic mass is 9.60. The number of benzene rings is 3. The van der Waals surface area contributed by atoms with Crippen molar-refractivity contribution in [3.8, 4) is 16.5 Å². The fraction of sp³-hybridized carbons (Fsp3) is 0.483. The number of carboxylic acids is 1. The Balaban J connectivity index is 1.19. The second-order valence-corrected chi connectivity index (χ2v) is 23.3. The largest absolute Gasteiger partial charge is 0.477 e. The van der Waals surface area contributed by atoms with E-state index in [0.29, 0.717) is 0 Å². The first kappa shape index (κ1) is 45.5. The number of fused-ring (bicyclic) bond motifs is 3. The smallest absolute Gasteiger partial charge is 0.346 e. The van der Waals surface area contributed by atoms with Crippen LogP contribution in [0, 0.1) is 11.3 Å². The average molecular weight is 904 g/mol. The van der Waals surface area contributed by atoms with Crippen LogP contribution in [0.4, 0.5) is 17.1 Å². The zero-order valence-corrected chi connectivity index (χ0v) is 42.2. The Morgan fingerprint density at radius 2 is 1.00 bits per heavy atom. The first-order valence-corrected chi connectivity index (χ1v) is 26.5. The van der Waals surface area contributed by atoms with Crippen molar-refractivity contribution >= 4 is 72.2 Å². The molecule has 5 nitrogen and oxygen atoms in total. The zero-order valence-electron chi connectivity index (χ0n) is 40.5. The second-order valence-electron chi connectivity index (χ2n) is 21.2. The minimum Gasteiger partial charge on any atom is -0.477 e. The van der Waals surface area contributed by atoms with Crippen LogP contribution in [0.5, 0.6) is 0 Å². The number of hydrogen-bond acceptors (Lipinski definition) is 5. The molecule has 0 unspecified atom stereocenters. The van der Waals surface area contributed by atoms with Gasteiger partial charge < -0.3 is 14.6 Å². The topological polar surface area (TPSA) is 69.3 Å². The summed E-state index contributed by atoms with van der Waals surface area (Å²) in [6.07, 6.45) is 22.1. The maximum absolute atomic E-state index is 11.7. The van der Waals surface area contributed by atoms with Crippen molar-refractivity contribution in [2.75, 3.05) is 4.90 Å². The fourth-order valence-electron chi connectivity index (χ4n) is 11.6. The van der Waals surface area contributed by atoms with Crippen LogP contribution in [-0.2, 0) is 40.9 Å². The molecule has 9 rings (SSSR count). The van der Waals surface area contributed by atoms with Crippen LogP contribution in [0.25, 0.3) is 36.9 Å². The van der Waals surface area contributed by atoms with Crippen molar-refractivity contribution in [2.45, 2.75) is 174 Å². The molecule has 3 aliphatic rings. The van der Waals surface area contributed by atoms with Crippen molar-refractivity contribution in [3.05, 3.63) is 103 Å². The van der Waals surface area contributed by atoms with Gasteiger partial charge in [-0.05, 0) is 106 Å². The number of unbranched alkanes of at least 4 members (excludes halogenated alkanes) is 12. The molecule has 0 atom stereocenters. The van der Waals surface area contributed by atoms with E-state index in [1.807, 2.05) is 23.5 Å². The number of anilines is 3. The number of aromatic nitrogens is 1. The Kier molecular flexibility index (Phi) is 12.3. The number of carboxylic acid groups (broad SMARTS) is 1. The van der Waals surface area contributed by atoms with Gasteiger partial charge in [-0.3, -0.25) is 0 Å². The quantitative estimate of drug-likeness (QED) is 0.0499. The summed E-state index contributed by atoms with van der Waals surface area (Å²) in [7, 11) is 2.10. The Morgan fingerprint density at radius 1 is 0.600 bits per heavy atom. The summed E-state index contributed by atoms with van der Waals surface area (Å²) >= 11 is 3.39. The number of nitrogens with zero attached hydrogens (tertiary/aromatic N) is 3. The van der Waals surface area contributed by atoms with E-state index in [2.05, 4.69) is 114 Å². The molecule has 3 aromatic heterocycles. The molecule has 3 aromatic carbocycles. The number of hydrogen-bond donors (Lipinski definition) is 1. The Bertz CT molecular complexity index is 2790. The molecular weight excluding hydrogens is 835 g/mol. The highest BCUT2D eigenvalue weighted by molar-refractivity contribution is 7.29. The summed E-state index contributed by atoms with van der Waals surface area (Å²) in [5.74, 6) is -1.20. The van der Waals surface area contributed by atoms with Gasteiger partial charge in [-0.1, -0.05) is 157 Å². The van der Waals surface area contributed by atoms with Crippen LogP contribution in [0.1, 0.15) is 195 Å². The van der Waals surface area contributed by atoms with E-state index >= 15 is 0 Å². The van der Waals surface area contributed by atoms with E-state index < -0.39 is 5.97 Å². The van der Waals surface area contributed by atoms with Crippen LogP contribution < -0.4 is 4.90 Å². The lowest BCUT2D eigenvalue weighted by Crippen LogP contribution is -2.44. The summed E-state index contributed by atoms with van der Waals surface area (Å²) < 4.78 is 4.56. The minimum atomic E-state index is -1.20. The summed E-state index contributed by atoms with van der Waals surface area (Å²) in [6.45, 7) is 19.5.